The highest BCUT2D eigenvalue weighted by Crippen LogP contribution is 2.10. The number of rotatable bonds is 12. The number of hydrogen-bond donors (Lipinski definition) is 0. The number of ether oxygens (including phenoxy) is 1. The van der Waals surface area contributed by atoms with Crippen LogP contribution in [0.15, 0.2) is 5.11 Å². The standard InChI is InChI=1S/C14H22IN3O2/c15-11-9-13-20-14(19)10-7-5-3-1-2-4-6-8-12-17-18-16/h1-8,10,12-13H2. The van der Waals surface area contributed by atoms with E-state index in [1.54, 1.807) is 0 Å². The maximum Gasteiger partial charge on any atom is 0.306 e. The Labute approximate surface area is 134 Å². The first-order valence-corrected chi connectivity index (χ1v) is 8.14. The average Bonchev–Trinajstić information content (AvgIpc) is 2.45. The molecule has 0 aromatic carbocycles. The van der Waals surface area contributed by atoms with Crippen molar-refractivity contribution in [1.82, 2.24) is 0 Å². The second-order valence-electron chi connectivity index (χ2n) is 4.46. The lowest BCUT2D eigenvalue weighted by atomic mass is 10.1. The third-order valence-corrected chi connectivity index (χ3v) is 3.21. The molecule has 0 aromatic rings. The Morgan fingerprint density at radius 3 is 2.30 bits per heavy atom. The molecule has 0 saturated carbocycles. The number of unbranched alkanes of at least 4 members (excludes halogenated alkanes) is 7. The summed E-state index contributed by atoms with van der Waals surface area (Å²) in [5.41, 5.74) is 8.11. The summed E-state index contributed by atoms with van der Waals surface area (Å²) < 4.78 is 7.58. The lowest BCUT2D eigenvalue weighted by Crippen LogP contribution is -2.04. The van der Waals surface area contributed by atoms with Gasteiger partial charge in [0.15, 0.2) is 6.61 Å². The predicted molar refractivity (Wildman–Crippen MR) is 88.3 cm³/mol. The average molecular weight is 391 g/mol. The van der Waals surface area contributed by atoms with E-state index < -0.39 is 0 Å². The summed E-state index contributed by atoms with van der Waals surface area (Å²) in [6.45, 7) is 0.818. The first-order valence-electron chi connectivity index (χ1n) is 7.06. The van der Waals surface area contributed by atoms with Gasteiger partial charge in [0.05, 0.1) is 0 Å². The molecule has 0 amide bonds. The van der Waals surface area contributed by atoms with Crippen LogP contribution in [0.5, 0.6) is 0 Å². The van der Waals surface area contributed by atoms with Crippen molar-refractivity contribution in [3.05, 3.63) is 10.4 Å². The molecule has 0 aromatic heterocycles. The Bertz CT molecular complexity index is 357. The number of nitrogens with zero attached hydrogens (tertiary/aromatic N) is 3. The summed E-state index contributed by atoms with van der Waals surface area (Å²) in [5, 5.41) is 3.50. The van der Waals surface area contributed by atoms with Gasteiger partial charge in [-0.1, -0.05) is 49.6 Å². The molecule has 0 N–H and O–H groups in total. The van der Waals surface area contributed by atoms with Crippen molar-refractivity contribution in [2.45, 2.75) is 57.8 Å². The fraction of sp³-hybridized carbons (Fsp3) is 0.786. The molecule has 0 aliphatic heterocycles. The zero-order valence-corrected chi connectivity index (χ0v) is 14.0. The van der Waals surface area contributed by atoms with Crippen molar-refractivity contribution in [3.8, 4) is 9.85 Å². The number of esters is 1. The molecular formula is C14H22IN3O2. The van der Waals surface area contributed by atoms with Crippen molar-refractivity contribution >= 4 is 28.6 Å². The number of carbonyl (C=O) groups is 1. The number of azide groups is 1. The predicted octanol–water partition coefficient (Wildman–Crippen LogP) is 4.75. The van der Waals surface area contributed by atoms with E-state index in [-0.39, 0.29) is 12.6 Å². The van der Waals surface area contributed by atoms with Crippen molar-refractivity contribution < 1.29 is 9.53 Å². The van der Waals surface area contributed by atoms with Crippen molar-refractivity contribution in [2.24, 2.45) is 5.11 Å². The molecular weight excluding hydrogens is 369 g/mol. The van der Waals surface area contributed by atoms with Gasteiger partial charge in [-0.2, -0.15) is 0 Å². The third-order valence-electron chi connectivity index (χ3n) is 2.82. The summed E-state index contributed by atoms with van der Waals surface area (Å²) in [5.74, 6) is 2.54. The van der Waals surface area contributed by atoms with Crippen LogP contribution in [0.25, 0.3) is 10.4 Å². The van der Waals surface area contributed by atoms with Crippen molar-refractivity contribution in [2.75, 3.05) is 13.2 Å². The highest BCUT2D eigenvalue weighted by atomic mass is 127. The second kappa shape index (κ2) is 16.1. The van der Waals surface area contributed by atoms with Crippen molar-refractivity contribution in [1.29, 1.82) is 0 Å². The van der Waals surface area contributed by atoms with E-state index in [0.29, 0.717) is 13.0 Å². The highest BCUT2D eigenvalue weighted by molar-refractivity contribution is 14.1. The molecule has 0 atom stereocenters. The largest absolute Gasteiger partial charge is 0.452 e. The zero-order chi connectivity index (χ0) is 14.9. The maximum atomic E-state index is 11.3. The minimum Gasteiger partial charge on any atom is -0.452 e. The first-order chi connectivity index (χ1) is 9.81. The van der Waals surface area contributed by atoms with Crippen LogP contribution in [-0.2, 0) is 9.53 Å². The fourth-order valence-corrected chi connectivity index (χ4v) is 1.93. The third kappa shape index (κ3) is 15.1. The Morgan fingerprint density at radius 1 is 1.10 bits per heavy atom. The summed E-state index contributed by atoms with van der Waals surface area (Å²) in [7, 11) is 0. The highest BCUT2D eigenvalue weighted by Gasteiger charge is 2.01. The van der Waals surface area contributed by atoms with E-state index in [4.69, 9.17) is 10.3 Å². The Hall–Kier alpha value is -0.930. The molecule has 0 bridgehead atoms. The van der Waals surface area contributed by atoms with Crippen LogP contribution < -0.4 is 0 Å². The molecule has 0 spiro atoms. The topological polar surface area (TPSA) is 75.1 Å². The van der Waals surface area contributed by atoms with Crippen LogP contribution in [0.1, 0.15) is 57.8 Å². The van der Waals surface area contributed by atoms with Gasteiger partial charge in [-0.25, -0.2) is 0 Å². The molecule has 0 aliphatic rings. The van der Waals surface area contributed by atoms with Crippen LogP contribution in [0.3, 0.4) is 0 Å². The lowest BCUT2D eigenvalue weighted by molar-refractivity contribution is -0.142. The molecule has 0 fully saturated rings. The van der Waals surface area contributed by atoms with Gasteiger partial charge in [-0.15, -0.1) is 0 Å². The van der Waals surface area contributed by atoms with Gasteiger partial charge in [0, 0.05) is 40.5 Å². The van der Waals surface area contributed by atoms with E-state index in [2.05, 4.69) is 19.9 Å². The van der Waals surface area contributed by atoms with Crippen LogP contribution in [0, 0.1) is 9.85 Å². The Kier molecular flexibility index (Phi) is 15.4. The lowest BCUT2D eigenvalue weighted by Gasteiger charge is -2.02. The van der Waals surface area contributed by atoms with Gasteiger partial charge in [-0.05, 0) is 22.3 Å². The molecule has 112 valence electrons. The normalized spacial score (nSPS) is 9.25. The SMILES string of the molecule is [N-]=[N+]=NCCCCCCCCCCC(=O)OCC#CI. The fourth-order valence-electron chi connectivity index (χ4n) is 1.77. The minimum atomic E-state index is -0.151. The first kappa shape index (κ1) is 19.1. The van der Waals surface area contributed by atoms with Gasteiger partial charge in [0.1, 0.15) is 0 Å². The molecule has 0 saturated heterocycles. The molecule has 0 unspecified atom stereocenters. The van der Waals surface area contributed by atoms with Gasteiger partial charge in [0.2, 0.25) is 0 Å². The van der Waals surface area contributed by atoms with Gasteiger partial charge >= 0.3 is 5.97 Å². The van der Waals surface area contributed by atoms with Crippen LogP contribution >= 0.6 is 22.6 Å². The molecule has 20 heavy (non-hydrogen) atoms. The summed E-state index contributed by atoms with van der Waals surface area (Å²) in [4.78, 5) is 14.0. The Morgan fingerprint density at radius 2 is 1.70 bits per heavy atom. The quantitative estimate of drug-likeness (QED) is 0.0916. The second-order valence-corrected chi connectivity index (χ2v) is 5.00. The maximum absolute atomic E-state index is 11.3. The Balaban J connectivity index is 3.17. The summed E-state index contributed by atoms with van der Waals surface area (Å²) in [6, 6.07) is 0. The van der Waals surface area contributed by atoms with E-state index in [0.717, 1.165) is 32.1 Å². The smallest absolute Gasteiger partial charge is 0.306 e. The number of halogens is 1. The van der Waals surface area contributed by atoms with E-state index in [1.807, 2.05) is 22.6 Å². The van der Waals surface area contributed by atoms with Gasteiger partial charge < -0.3 is 4.74 Å². The minimum absolute atomic E-state index is 0.151. The van der Waals surface area contributed by atoms with Gasteiger partial charge in [0.25, 0.3) is 0 Å². The summed E-state index contributed by atoms with van der Waals surface area (Å²) in [6.07, 6.45) is 9.35. The van der Waals surface area contributed by atoms with Crippen LogP contribution in [-0.4, -0.2) is 19.1 Å². The number of hydrogen-bond acceptors (Lipinski definition) is 3. The molecule has 0 radical (unpaired) electrons. The molecule has 0 aliphatic carbocycles. The molecule has 0 rings (SSSR count). The van der Waals surface area contributed by atoms with Crippen molar-refractivity contribution in [3.63, 3.8) is 0 Å². The van der Waals surface area contributed by atoms with Crippen LogP contribution in [0.2, 0.25) is 0 Å². The van der Waals surface area contributed by atoms with E-state index in [9.17, 15) is 4.79 Å². The molecule has 6 heteroatoms. The van der Waals surface area contributed by atoms with Gasteiger partial charge in [-0.3, -0.25) is 4.79 Å². The van der Waals surface area contributed by atoms with E-state index >= 15 is 0 Å². The molecule has 5 nitrogen and oxygen atoms in total. The zero-order valence-electron chi connectivity index (χ0n) is 11.8. The summed E-state index contributed by atoms with van der Waals surface area (Å²) >= 11 is 1.92. The molecule has 0 heterocycles. The van der Waals surface area contributed by atoms with E-state index in [1.165, 1.54) is 19.3 Å². The van der Waals surface area contributed by atoms with Crippen LogP contribution in [0.4, 0.5) is 0 Å². The number of carbonyl (C=O) groups excluding carboxylic acids is 1. The monoisotopic (exact) mass is 391 g/mol.